The summed E-state index contributed by atoms with van der Waals surface area (Å²) in [7, 11) is 0. The van der Waals surface area contributed by atoms with Gasteiger partial charge in [-0.05, 0) is 89.1 Å². The fraction of sp³-hybridized carbons (Fsp3) is 0.967. The molecule has 190 valence electrons. The second kappa shape index (κ2) is 9.14. The van der Waals surface area contributed by atoms with E-state index in [9.17, 15) is 4.79 Å². The van der Waals surface area contributed by atoms with E-state index in [0.717, 1.165) is 31.0 Å². The zero-order valence-corrected chi connectivity index (χ0v) is 21.5. The van der Waals surface area contributed by atoms with E-state index in [1.165, 1.54) is 109 Å². The zero-order valence-electron chi connectivity index (χ0n) is 21.5. The first-order valence-electron chi connectivity index (χ1n) is 15.6. The van der Waals surface area contributed by atoms with Gasteiger partial charge in [-0.25, -0.2) is 0 Å². The van der Waals surface area contributed by atoms with Gasteiger partial charge in [0.25, 0.3) is 0 Å². The minimum absolute atomic E-state index is 0.293. The van der Waals surface area contributed by atoms with Crippen molar-refractivity contribution in [1.82, 2.24) is 15.5 Å². The van der Waals surface area contributed by atoms with Crippen LogP contribution in [-0.4, -0.2) is 54.0 Å². The number of hydrogen-bond donors (Lipinski definition) is 2. The third-order valence-electron chi connectivity index (χ3n) is 12.2. The van der Waals surface area contributed by atoms with Crippen LogP contribution in [0.1, 0.15) is 109 Å². The fourth-order valence-corrected chi connectivity index (χ4v) is 11.4. The average Bonchev–Trinajstić information content (AvgIpc) is 2.91. The maximum Gasteiger partial charge on any atom is 0.140 e. The summed E-state index contributed by atoms with van der Waals surface area (Å²) in [6, 6.07) is 3.34. The largest absolute Gasteiger partial charge is 0.313 e. The number of rotatable bonds is 1. The van der Waals surface area contributed by atoms with Gasteiger partial charge in [-0.3, -0.25) is 9.69 Å². The van der Waals surface area contributed by atoms with Crippen LogP contribution >= 0.6 is 0 Å². The predicted octanol–water partition coefficient (Wildman–Crippen LogP) is 5.06. The van der Waals surface area contributed by atoms with Crippen molar-refractivity contribution in [3.05, 3.63) is 0 Å². The highest BCUT2D eigenvalue weighted by Crippen LogP contribution is 2.64. The van der Waals surface area contributed by atoms with Crippen molar-refractivity contribution in [3.63, 3.8) is 0 Å². The first kappa shape index (κ1) is 22.7. The Morgan fingerprint density at radius 2 is 1.21 bits per heavy atom. The first-order valence-corrected chi connectivity index (χ1v) is 15.6. The highest BCUT2D eigenvalue weighted by atomic mass is 16.1. The molecule has 4 heteroatoms. The van der Waals surface area contributed by atoms with Crippen LogP contribution in [0.3, 0.4) is 0 Å². The van der Waals surface area contributed by atoms with E-state index in [2.05, 4.69) is 15.5 Å². The van der Waals surface area contributed by atoms with Crippen LogP contribution in [0.2, 0.25) is 0 Å². The number of nitrogens with one attached hydrogen (secondary N) is 2. The number of fused-ring (bicyclic) bond motifs is 8. The van der Waals surface area contributed by atoms with Gasteiger partial charge in [0.1, 0.15) is 5.78 Å². The fourth-order valence-electron chi connectivity index (χ4n) is 11.4. The van der Waals surface area contributed by atoms with Crippen LogP contribution in [0.5, 0.6) is 0 Å². The summed E-state index contributed by atoms with van der Waals surface area (Å²) in [6.45, 7) is 2.33. The van der Waals surface area contributed by atoms with Crippen molar-refractivity contribution >= 4 is 5.78 Å². The molecule has 7 fully saturated rings. The van der Waals surface area contributed by atoms with Gasteiger partial charge in [0, 0.05) is 47.5 Å². The molecule has 0 bridgehead atoms. The molecule has 34 heavy (non-hydrogen) atoms. The quantitative estimate of drug-likeness (QED) is 0.566. The van der Waals surface area contributed by atoms with Crippen molar-refractivity contribution < 1.29 is 4.79 Å². The summed E-state index contributed by atoms with van der Waals surface area (Å²) in [5.74, 6) is 2.75. The van der Waals surface area contributed by atoms with Gasteiger partial charge < -0.3 is 10.6 Å². The molecule has 3 aliphatic heterocycles. The minimum Gasteiger partial charge on any atom is -0.313 e. The Hall–Kier alpha value is -0.450. The Kier molecular flexibility index (Phi) is 6.11. The number of likely N-dealkylation sites (tertiary alicyclic amines) is 1. The SMILES string of the molecule is O=C1C2CCCCC2C2(C3CCCCC3N(C3CCCCC3)C3CCCNC32)C2NCCCC12. The average molecular weight is 468 g/mol. The molecule has 9 unspecified atom stereocenters. The molecule has 0 aromatic rings. The topological polar surface area (TPSA) is 44.4 Å². The summed E-state index contributed by atoms with van der Waals surface area (Å²) < 4.78 is 0. The van der Waals surface area contributed by atoms with E-state index in [-0.39, 0.29) is 0 Å². The molecule has 1 spiro atoms. The smallest absolute Gasteiger partial charge is 0.140 e. The predicted molar refractivity (Wildman–Crippen MR) is 137 cm³/mol. The van der Waals surface area contributed by atoms with E-state index in [4.69, 9.17) is 0 Å². The number of ketones is 1. The van der Waals surface area contributed by atoms with Gasteiger partial charge in [-0.1, -0.05) is 44.9 Å². The number of piperidine rings is 3. The summed E-state index contributed by atoms with van der Waals surface area (Å²) in [5, 5.41) is 8.40. The molecule has 4 saturated carbocycles. The molecular weight excluding hydrogens is 418 g/mol. The van der Waals surface area contributed by atoms with E-state index in [1.807, 2.05) is 0 Å². The lowest BCUT2D eigenvalue weighted by atomic mass is 9.40. The molecule has 3 heterocycles. The van der Waals surface area contributed by atoms with Crippen molar-refractivity contribution in [1.29, 1.82) is 0 Å². The maximum atomic E-state index is 14.0. The normalized spacial score (nSPS) is 50.2. The van der Waals surface area contributed by atoms with Gasteiger partial charge in [0.05, 0.1) is 0 Å². The zero-order chi connectivity index (χ0) is 22.7. The second-order valence-electron chi connectivity index (χ2n) is 13.4. The van der Waals surface area contributed by atoms with Crippen molar-refractivity contribution in [3.8, 4) is 0 Å². The molecular formula is C30H49N3O. The van der Waals surface area contributed by atoms with Crippen LogP contribution in [0.15, 0.2) is 0 Å². The van der Waals surface area contributed by atoms with E-state index >= 15 is 0 Å². The van der Waals surface area contributed by atoms with Crippen LogP contribution in [0.4, 0.5) is 0 Å². The summed E-state index contributed by atoms with van der Waals surface area (Å²) in [5.41, 5.74) is 0.297. The Bertz CT molecular complexity index is 710. The Morgan fingerprint density at radius 1 is 0.588 bits per heavy atom. The molecule has 7 rings (SSSR count). The molecule has 4 nitrogen and oxygen atoms in total. The molecule has 0 amide bonds. The van der Waals surface area contributed by atoms with Crippen LogP contribution in [-0.2, 0) is 4.79 Å². The highest BCUT2D eigenvalue weighted by molar-refractivity contribution is 5.86. The number of carbonyl (C=O) groups excluding carboxylic acids is 1. The molecule has 0 aromatic carbocycles. The number of carbonyl (C=O) groups is 1. The Balaban J connectivity index is 1.38. The molecule has 2 N–H and O–H groups in total. The minimum atomic E-state index is 0.293. The van der Waals surface area contributed by atoms with Crippen molar-refractivity contribution in [2.45, 2.75) is 139 Å². The molecule has 9 atom stereocenters. The molecule has 4 aliphatic carbocycles. The monoisotopic (exact) mass is 467 g/mol. The first-order chi connectivity index (χ1) is 16.8. The molecule has 0 radical (unpaired) electrons. The Morgan fingerprint density at radius 3 is 2.06 bits per heavy atom. The highest BCUT2D eigenvalue weighted by Gasteiger charge is 2.70. The van der Waals surface area contributed by atoms with Gasteiger partial charge in [0.2, 0.25) is 0 Å². The van der Waals surface area contributed by atoms with Crippen LogP contribution in [0.25, 0.3) is 0 Å². The number of Topliss-reactive ketones (excluding diaryl/α,β-unsaturated/α-hetero) is 1. The number of nitrogens with zero attached hydrogens (tertiary/aromatic N) is 1. The van der Waals surface area contributed by atoms with Crippen molar-refractivity contribution in [2.75, 3.05) is 13.1 Å². The lowest BCUT2D eigenvalue weighted by molar-refractivity contribution is -0.207. The van der Waals surface area contributed by atoms with Gasteiger partial charge in [-0.15, -0.1) is 0 Å². The van der Waals surface area contributed by atoms with E-state index < -0.39 is 0 Å². The summed E-state index contributed by atoms with van der Waals surface area (Å²) in [4.78, 5) is 17.2. The number of hydrogen-bond acceptors (Lipinski definition) is 4. The van der Waals surface area contributed by atoms with Crippen molar-refractivity contribution in [2.24, 2.45) is 29.1 Å². The lowest BCUT2D eigenvalue weighted by Crippen LogP contribution is -2.82. The van der Waals surface area contributed by atoms with Crippen LogP contribution in [0, 0.1) is 29.1 Å². The molecule has 3 saturated heterocycles. The lowest BCUT2D eigenvalue weighted by Gasteiger charge is -2.72. The van der Waals surface area contributed by atoms with Gasteiger partial charge in [-0.2, -0.15) is 0 Å². The van der Waals surface area contributed by atoms with E-state index in [0.29, 0.717) is 47.1 Å². The summed E-state index contributed by atoms with van der Waals surface area (Å²) in [6.07, 6.45) is 23.1. The standard InChI is InChI=1S/C30H49N3O/c34-27-21-12-4-5-14-23(21)30(28-22(27)13-8-18-31-28)24-15-6-7-16-25(24)33(20-10-2-1-3-11-20)26-17-9-19-32-29(26)30/h20-26,28-29,31-32H,1-19H2. The maximum absolute atomic E-state index is 14.0. The second-order valence-corrected chi connectivity index (χ2v) is 13.4. The third kappa shape index (κ3) is 3.23. The van der Waals surface area contributed by atoms with E-state index in [1.54, 1.807) is 0 Å². The Labute approximate surface area is 207 Å². The summed E-state index contributed by atoms with van der Waals surface area (Å²) >= 11 is 0. The van der Waals surface area contributed by atoms with Crippen LogP contribution < -0.4 is 10.6 Å². The molecule has 0 aromatic heterocycles. The van der Waals surface area contributed by atoms with Gasteiger partial charge in [0.15, 0.2) is 0 Å². The molecule has 7 aliphatic rings. The van der Waals surface area contributed by atoms with Gasteiger partial charge >= 0.3 is 0 Å². The third-order valence-corrected chi connectivity index (χ3v) is 12.2.